The van der Waals surface area contributed by atoms with Crippen molar-refractivity contribution < 1.29 is 0 Å². The minimum Gasteiger partial charge on any atom is -0.337 e. The second kappa shape index (κ2) is 7.06. The first kappa shape index (κ1) is 16.9. The number of hydrogen-bond donors (Lipinski definition) is 3. The topological polar surface area (TPSA) is 84.1 Å². The number of nitrogens with one attached hydrogen (secondary N) is 3. The second-order valence-corrected chi connectivity index (χ2v) is 6.98. The summed E-state index contributed by atoms with van der Waals surface area (Å²) >= 11 is 0. The van der Waals surface area contributed by atoms with Crippen molar-refractivity contribution in [2.24, 2.45) is 7.05 Å². The highest BCUT2D eigenvalue weighted by Crippen LogP contribution is 2.26. The SMILES string of the molecule is Cn1cc(-c2cnc3c(Nc4cccc(C5CNCCN5)c4)nccn23)cn1. The summed E-state index contributed by atoms with van der Waals surface area (Å²) in [4.78, 5) is 9.10. The van der Waals surface area contributed by atoms with Gasteiger partial charge in [-0.2, -0.15) is 5.10 Å². The van der Waals surface area contributed by atoms with Crippen molar-refractivity contribution in [1.82, 2.24) is 34.8 Å². The highest BCUT2D eigenvalue weighted by Gasteiger charge is 2.15. The van der Waals surface area contributed by atoms with Crippen LogP contribution in [-0.2, 0) is 7.05 Å². The number of benzene rings is 1. The van der Waals surface area contributed by atoms with Crippen LogP contribution in [0.1, 0.15) is 11.6 Å². The molecule has 1 fully saturated rings. The molecule has 0 radical (unpaired) electrons. The summed E-state index contributed by atoms with van der Waals surface area (Å²) in [5.41, 5.74) is 5.04. The number of anilines is 2. The van der Waals surface area contributed by atoms with Crippen LogP contribution in [-0.4, -0.2) is 43.8 Å². The molecule has 8 nitrogen and oxygen atoms in total. The molecule has 8 heteroatoms. The molecule has 1 aliphatic rings. The Labute approximate surface area is 162 Å². The molecule has 0 bridgehead atoms. The zero-order valence-electron chi connectivity index (χ0n) is 15.6. The van der Waals surface area contributed by atoms with E-state index < -0.39 is 0 Å². The number of imidazole rings is 1. The molecule has 1 aromatic carbocycles. The molecular formula is C20H22N8. The van der Waals surface area contributed by atoms with E-state index >= 15 is 0 Å². The average molecular weight is 374 g/mol. The molecule has 0 saturated carbocycles. The summed E-state index contributed by atoms with van der Waals surface area (Å²) in [6.45, 7) is 2.93. The van der Waals surface area contributed by atoms with Crippen LogP contribution in [0.5, 0.6) is 0 Å². The van der Waals surface area contributed by atoms with Crippen LogP contribution in [0, 0.1) is 0 Å². The van der Waals surface area contributed by atoms with E-state index in [-0.39, 0.29) is 0 Å². The fraction of sp³-hybridized carbons (Fsp3) is 0.250. The average Bonchev–Trinajstić information content (AvgIpc) is 3.35. The van der Waals surface area contributed by atoms with Crippen LogP contribution in [0.15, 0.2) is 55.2 Å². The smallest absolute Gasteiger partial charge is 0.180 e. The van der Waals surface area contributed by atoms with Gasteiger partial charge in [0.2, 0.25) is 0 Å². The Kier molecular flexibility index (Phi) is 4.27. The number of nitrogens with zero attached hydrogens (tertiary/aromatic N) is 5. The van der Waals surface area contributed by atoms with Gasteiger partial charge < -0.3 is 16.0 Å². The highest BCUT2D eigenvalue weighted by molar-refractivity contribution is 5.74. The quantitative estimate of drug-likeness (QED) is 0.507. The Hall–Kier alpha value is -3.23. The largest absolute Gasteiger partial charge is 0.337 e. The number of piperazine rings is 1. The molecule has 3 N–H and O–H groups in total. The van der Waals surface area contributed by atoms with Crippen molar-refractivity contribution >= 4 is 17.2 Å². The summed E-state index contributed by atoms with van der Waals surface area (Å²) in [6, 6.07) is 8.76. The number of aromatic nitrogens is 5. The number of aryl methyl sites for hydroxylation is 1. The van der Waals surface area contributed by atoms with Crippen molar-refractivity contribution in [1.29, 1.82) is 0 Å². The standard InChI is InChI=1S/C20H22N8/c1-27-13-15(10-25-27)18-12-24-20-19(23-7-8-28(18)20)26-16-4-2-3-14(9-16)17-11-21-5-6-22-17/h2-4,7-10,12-13,17,21-22H,5-6,11H2,1H3,(H,23,26). The highest BCUT2D eigenvalue weighted by atomic mass is 15.2. The molecule has 0 amide bonds. The summed E-state index contributed by atoms with van der Waals surface area (Å²) in [6.07, 6.45) is 9.38. The number of hydrogen-bond acceptors (Lipinski definition) is 6. The monoisotopic (exact) mass is 374 g/mol. The molecule has 1 aliphatic heterocycles. The molecule has 3 aromatic heterocycles. The van der Waals surface area contributed by atoms with Crippen LogP contribution in [0.3, 0.4) is 0 Å². The Bertz CT molecular complexity index is 1110. The molecule has 5 rings (SSSR count). The van der Waals surface area contributed by atoms with E-state index in [2.05, 4.69) is 55.3 Å². The first-order valence-corrected chi connectivity index (χ1v) is 9.40. The third-order valence-electron chi connectivity index (χ3n) is 5.02. The van der Waals surface area contributed by atoms with Crippen molar-refractivity contribution in [2.45, 2.75) is 6.04 Å². The molecule has 1 saturated heterocycles. The van der Waals surface area contributed by atoms with Crippen LogP contribution < -0.4 is 16.0 Å². The summed E-state index contributed by atoms with van der Waals surface area (Å²) in [7, 11) is 1.91. The lowest BCUT2D eigenvalue weighted by molar-refractivity contribution is 0.430. The van der Waals surface area contributed by atoms with Crippen molar-refractivity contribution in [2.75, 3.05) is 25.0 Å². The molecule has 1 atom stereocenters. The van der Waals surface area contributed by atoms with E-state index in [1.165, 1.54) is 5.56 Å². The van der Waals surface area contributed by atoms with Gasteiger partial charge in [-0.05, 0) is 17.7 Å². The third-order valence-corrected chi connectivity index (χ3v) is 5.02. The van der Waals surface area contributed by atoms with Gasteiger partial charge in [-0.25, -0.2) is 9.97 Å². The minimum absolute atomic E-state index is 0.322. The Balaban J connectivity index is 1.46. The molecule has 0 aliphatic carbocycles. The first-order chi connectivity index (χ1) is 13.8. The van der Waals surface area contributed by atoms with Crippen LogP contribution in [0.25, 0.3) is 16.9 Å². The van der Waals surface area contributed by atoms with E-state index in [9.17, 15) is 0 Å². The van der Waals surface area contributed by atoms with Crippen LogP contribution in [0.2, 0.25) is 0 Å². The van der Waals surface area contributed by atoms with Crippen molar-refractivity contribution in [3.63, 3.8) is 0 Å². The van der Waals surface area contributed by atoms with Gasteiger partial charge in [0.25, 0.3) is 0 Å². The van der Waals surface area contributed by atoms with Crippen LogP contribution >= 0.6 is 0 Å². The van der Waals surface area contributed by atoms with Gasteiger partial charge in [-0.15, -0.1) is 0 Å². The van der Waals surface area contributed by atoms with Crippen LogP contribution in [0.4, 0.5) is 11.5 Å². The molecular weight excluding hydrogens is 352 g/mol. The molecule has 28 heavy (non-hydrogen) atoms. The predicted molar refractivity (Wildman–Crippen MR) is 109 cm³/mol. The second-order valence-electron chi connectivity index (χ2n) is 6.98. The lowest BCUT2D eigenvalue weighted by Crippen LogP contribution is -2.42. The maximum absolute atomic E-state index is 4.59. The van der Waals surface area contributed by atoms with E-state index in [1.54, 1.807) is 10.9 Å². The van der Waals surface area contributed by atoms with Gasteiger partial charge in [-0.3, -0.25) is 9.08 Å². The van der Waals surface area contributed by atoms with Gasteiger partial charge in [0.05, 0.1) is 18.1 Å². The Morgan fingerprint density at radius 1 is 1.18 bits per heavy atom. The van der Waals surface area contributed by atoms with E-state index in [0.717, 1.165) is 48.0 Å². The van der Waals surface area contributed by atoms with Crippen molar-refractivity contribution in [3.8, 4) is 11.3 Å². The Morgan fingerprint density at radius 3 is 2.96 bits per heavy atom. The minimum atomic E-state index is 0.322. The fourth-order valence-corrected chi connectivity index (χ4v) is 3.63. The van der Waals surface area contributed by atoms with E-state index in [4.69, 9.17) is 0 Å². The molecule has 4 heterocycles. The van der Waals surface area contributed by atoms with Gasteiger partial charge in [0, 0.05) is 62.6 Å². The van der Waals surface area contributed by atoms with Gasteiger partial charge in [-0.1, -0.05) is 12.1 Å². The zero-order valence-corrected chi connectivity index (χ0v) is 15.6. The van der Waals surface area contributed by atoms with Crippen molar-refractivity contribution in [3.05, 3.63) is 60.8 Å². The molecule has 4 aromatic rings. The normalized spacial score (nSPS) is 17.1. The maximum atomic E-state index is 4.59. The zero-order chi connectivity index (χ0) is 18.9. The molecule has 0 spiro atoms. The first-order valence-electron chi connectivity index (χ1n) is 9.40. The fourth-order valence-electron chi connectivity index (χ4n) is 3.63. The molecule has 1 unspecified atom stereocenters. The molecule has 142 valence electrons. The lowest BCUT2D eigenvalue weighted by atomic mass is 10.0. The Morgan fingerprint density at radius 2 is 2.14 bits per heavy atom. The predicted octanol–water partition coefficient (Wildman–Crippen LogP) is 2.11. The van der Waals surface area contributed by atoms with E-state index in [1.807, 2.05) is 36.2 Å². The maximum Gasteiger partial charge on any atom is 0.180 e. The van der Waals surface area contributed by atoms with Gasteiger partial charge in [0.1, 0.15) is 0 Å². The number of fused-ring (bicyclic) bond motifs is 1. The summed E-state index contributed by atoms with van der Waals surface area (Å²) < 4.78 is 3.82. The summed E-state index contributed by atoms with van der Waals surface area (Å²) in [5.74, 6) is 0.726. The number of rotatable bonds is 4. The van der Waals surface area contributed by atoms with Gasteiger partial charge >= 0.3 is 0 Å². The van der Waals surface area contributed by atoms with Gasteiger partial charge in [0.15, 0.2) is 11.5 Å². The van der Waals surface area contributed by atoms with E-state index in [0.29, 0.717) is 6.04 Å². The lowest BCUT2D eigenvalue weighted by Gasteiger charge is -2.25. The third kappa shape index (κ3) is 3.12. The summed E-state index contributed by atoms with van der Waals surface area (Å²) in [5, 5.41) is 14.7.